The van der Waals surface area contributed by atoms with Gasteiger partial charge in [0.2, 0.25) is 21.8 Å². The van der Waals surface area contributed by atoms with E-state index in [1.165, 1.54) is 10.6 Å². The molecule has 198 valence electrons. The molecule has 0 aliphatic carbocycles. The molecule has 0 spiro atoms. The van der Waals surface area contributed by atoms with Crippen molar-refractivity contribution in [2.24, 2.45) is 0 Å². The topological polar surface area (TPSA) is 96.0 Å². The molecule has 0 bridgehead atoms. The van der Waals surface area contributed by atoms with Gasteiger partial charge in [-0.15, -0.1) is 0 Å². The van der Waals surface area contributed by atoms with Crippen LogP contribution in [0.1, 0.15) is 50.3 Å². The highest BCUT2D eigenvalue weighted by Gasteiger charge is 2.27. The predicted molar refractivity (Wildman–Crippen MR) is 144 cm³/mol. The SMILES string of the molecule is COc1ccc(CN(C(=O)CCCN(c2cccc(C)c2C)S(C)(=O)=O)C(C)C(=O)NC(C)C)cc1. The molecule has 2 aromatic rings. The normalized spacial score (nSPS) is 12.2. The highest BCUT2D eigenvalue weighted by molar-refractivity contribution is 7.92. The summed E-state index contributed by atoms with van der Waals surface area (Å²) in [5, 5.41) is 2.87. The smallest absolute Gasteiger partial charge is 0.242 e. The van der Waals surface area contributed by atoms with Gasteiger partial charge in [-0.2, -0.15) is 0 Å². The number of benzene rings is 2. The summed E-state index contributed by atoms with van der Waals surface area (Å²) in [6, 6.07) is 12.1. The first-order valence-corrected chi connectivity index (χ1v) is 14.0. The molecule has 0 aromatic heterocycles. The Morgan fingerprint density at radius 3 is 2.22 bits per heavy atom. The van der Waals surface area contributed by atoms with Crippen LogP contribution in [0.3, 0.4) is 0 Å². The van der Waals surface area contributed by atoms with Gasteiger partial charge in [-0.05, 0) is 75.9 Å². The number of nitrogens with one attached hydrogen (secondary N) is 1. The second kappa shape index (κ2) is 12.8. The van der Waals surface area contributed by atoms with Crippen LogP contribution in [-0.2, 0) is 26.2 Å². The average Bonchev–Trinajstić information content (AvgIpc) is 2.81. The monoisotopic (exact) mass is 517 g/mol. The molecular weight excluding hydrogens is 478 g/mol. The third kappa shape index (κ3) is 7.98. The molecule has 0 saturated heterocycles. The fourth-order valence-corrected chi connectivity index (χ4v) is 4.92. The zero-order valence-corrected chi connectivity index (χ0v) is 23.2. The third-order valence-electron chi connectivity index (χ3n) is 6.11. The van der Waals surface area contributed by atoms with E-state index in [0.717, 1.165) is 16.7 Å². The first-order valence-electron chi connectivity index (χ1n) is 12.1. The number of hydrogen-bond acceptors (Lipinski definition) is 5. The molecule has 0 heterocycles. The highest BCUT2D eigenvalue weighted by atomic mass is 32.2. The third-order valence-corrected chi connectivity index (χ3v) is 7.29. The Morgan fingerprint density at radius 1 is 1.03 bits per heavy atom. The van der Waals surface area contributed by atoms with Gasteiger partial charge in [-0.3, -0.25) is 13.9 Å². The lowest BCUT2D eigenvalue weighted by Gasteiger charge is -2.30. The van der Waals surface area contributed by atoms with Crippen LogP contribution in [-0.4, -0.2) is 57.1 Å². The van der Waals surface area contributed by atoms with Crippen molar-refractivity contribution < 1.29 is 22.7 Å². The lowest BCUT2D eigenvalue weighted by molar-refractivity contribution is -0.140. The van der Waals surface area contributed by atoms with Crippen molar-refractivity contribution >= 4 is 27.5 Å². The summed E-state index contributed by atoms with van der Waals surface area (Å²) in [6.07, 6.45) is 1.59. The molecule has 1 N–H and O–H groups in total. The molecule has 1 unspecified atom stereocenters. The van der Waals surface area contributed by atoms with Crippen LogP contribution in [0.25, 0.3) is 0 Å². The lowest BCUT2D eigenvalue weighted by atomic mass is 10.1. The second-order valence-corrected chi connectivity index (χ2v) is 11.3. The van der Waals surface area contributed by atoms with Crippen molar-refractivity contribution in [3.05, 3.63) is 59.2 Å². The molecule has 0 fully saturated rings. The molecule has 0 aliphatic heterocycles. The second-order valence-electron chi connectivity index (χ2n) is 9.37. The van der Waals surface area contributed by atoms with Crippen LogP contribution in [0.4, 0.5) is 5.69 Å². The number of carbonyl (C=O) groups excluding carboxylic acids is 2. The molecule has 36 heavy (non-hydrogen) atoms. The number of sulfonamides is 1. The molecule has 9 heteroatoms. The predicted octanol–water partition coefficient (Wildman–Crippen LogP) is 3.80. The fraction of sp³-hybridized carbons (Fsp3) is 0.481. The van der Waals surface area contributed by atoms with E-state index in [2.05, 4.69) is 5.32 Å². The van der Waals surface area contributed by atoms with Crippen molar-refractivity contribution in [1.29, 1.82) is 0 Å². The number of carbonyl (C=O) groups is 2. The molecule has 8 nitrogen and oxygen atoms in total. The van der Waals surface area contributed by atoms with Crippen molar-refractivity contribution in [2.45, 2.75) is 66.1 Å². The summed E-state index contributed by atoms with van der Waals surface area (Å²) in [7, 11) is -1.96. The maximum Gasteiger partial charge on any atom is 0.242 e. The number of amides is 2. The molecule has 2 aromatic carbocycles. The zero-order chi connectivity index (χ0) is 27.0. The molecule has 0 aliphatic rings. The van der Waals surface area contributed by atoms with Gasteiger partial charge in [0.1, 0.15) is 11.8 Å². The zero-order valence-electron chi connectivity index (χ0n) is 22.4. The van der Waals surface area contributed by atoms with E-state index >= 15 is 0 Å². The van der Waals surface area contributed by atoms with Crippen LogP contribution in [0, 0.1) is 13.8 Å². The van der Waals surface area contributed by atoms with Crippen LogP contribution in [0.5, 0.6) is 5.75 Å². The Bertz CT molecular complexity index is 1150. The van der Waals surface area contributed by atoms with E-state index in [0.29, 0.717) is 17.9 Å². The van der Waals surface area contributed by atoms with E-state index in [-0.39, 0.29) is 37.4 Å². The van der Waals surface area contributed by atoms with E-state index in [4.69, 9.17) is 4.74 Å². The van der Waals surface area contributed by atoms with Gasteiger partial charge in [0.05, 0.1) is 19.1 Å². The number of methoxy groups -OCH3 is 1. The Balaban J connectivity index is 2.20. The Morgan fingerprint density at radius 2 is 1.67 bits per heavy atom. The first kappa shape index (κ1) is 29.2. The van der Waals surface area contributed by atoms with Gasteiger partial charge < -0.3 is 15.0 Å². The maximum atomic E-state index is 13.3. The van der Waals surface area contributed by atoms with E-state index < -0.39 is 16.1 Å². The minimum Gasteiger partial charge on any atom is -0.497 e. The van der Waals surface area contributed by atoms with E-state index in [1.807, 2.05) is 64.1 Å². The number of ether oxygens (including phenoxy) is 1. The van der Waals surface area contributed by atoms with Crippen LogP contribution in [0.2, 0.25) is 0 Å². The Hall–Kier alpha value is -3.07. The van der Waals surface area contributed by atoms with Gasteiger partial charge >= 0.3 is 0 Å². The van der Waals surface area contributed by atoms with Crippen LogP contribution < -0.4 is 14.4 Å². The quantitative estimate of drug-likeness (QED) is 0.462. The number of anilines is 1. The van der Waals surface area contributed by atoms with Gasteiger partial charge in [0.15, 0.2) is 0 Å². The van der Waals surface area contributed by atoms with Crippen LogP contribution in [0.15, 0.2) is 42.5 Å². The van der Waals surface area contributed by atoms with Crippen molar-refractivity contribution in [2.75, 3.05) is 24.2 Å². The number of rotatable bonds is 12. The van der Waals surface area contributed by atoms with Crippen LogP contribution >= 0.6 is 0 Å². The highest BCUT2D eigenvalue weighted by Crippen LogP contribution is 2.25. The number of hydrogen-bond donors (Lipinski definition) is 1. The Kier molecular flexibility index (Phi) is 10.3. The molecule has 0 saturated carbocycles. The van der Waals surface area contributed by atoms with Crippen molar-refractivity contribution in [1.82, 2.24) is 10.2 Å². The van der Waals surface area contributed by atoms with E-state index in [1.54, 1.807) is 25.0 Å². The molecule has 0 radical (unpaired) electrons. The van der Waals surface area contributed by atoms with E-state index in [9.17, 15) is 18.0 Å². The summed E-state index contributed by atoms with van der Waals surface area (Å²) in [5.74, 6) is 0.251. The summed E-state index contributed by atoms with van der Waals surface area (Å²) in [6.45, 7) is 9.68. The number of aryl methyl sites for hydroxylation is 1. The average molecular weight is 518 g/mol. The molecule has 1 atom stereocenters. The first-order chi connectivity index (χ1) is 16.8. The fourth-order valence-electron chi connectivity index (χ4n) is 3.90. The Labute approximate surface area is 215 Å². The summed E-state index contributed by atoms with van der Waals surface area (Å²) >= 11 is 0. The van der Waals surface area contributed by atoms with Gasteiger partial charge in [-0.25, -0.2) is 8.42 Å². The van der Waals surface area contributed by atoms with Gasteiger partial charge in [0.25, 0.3) is 0 Å². The maximum absolute atomic E-state index is 13.3. The summed E-state index contributed by atoms with van der Waals surface area (Å²) < 4.78 is 31.7. The minimum absolute atomic E-state index is 0.0567. The standard InChI is InChI=1S/C27H39N3O5S/c1-19(2)28-27(32)22(5)29(18-23-13-15-24(35-6)16-14-23)26(31)12-9-17-30(36(7,33)34)25-11-8-10-20(3)21(25)4/h8,10-11,13-16,19,22H,9,12,17-18H2,1-7H3,(H,28,32). The lowest BCUT2D eigenvalue weighted by Crippen LogP contribution is -2.49. The largest absolute Gasteiger partial charge is 0.497 e. The van der Waals surface area contributed by atoms with Gasteiger partial charge in [-0.1, -0.05) is 24.3 Å². The minimum atomic E-state index is -3.54. The van der Waals surface area contributed by atoms with Gasteiger partial charge in [0, 0.05) is 25.6 Å². The number of nitrogens with zero attached hydrogens (tertiary/aromatic N) is 2. The molecular formula is C27H39N3O5S. The summed E-state index contributed by atoms with van der Waals surface area (Å²) in [4.78, 5) is 27.6. The molecule has 2 amide bonds. The molecule has 2 rings (SSSR count). The van der Waals surface area contributed by atoms with Crippen molar-refractivity contribution in [3.63, 3.8) is 0 Å². The van der Waals surface area contributed by atoms with Crippen molar-refractivity contribution in [3.8, 4) is 5.75 Å². The summed E-state index contributed by atoms with van der Waals surface area (Å²) in [5.41, 5.74) is 3.36.